The van der Waals surface area contributed by atoms with Crippen LogP contribution in [0.3, 0.4) is 0 Å². The zero-order chi connectivity index (χ0) is 60.2. The molecule has 10 aromatic carbocycles. The quantitative estimate of drug-likeness (QED) is 0.153. The molecule has 16 rings (SSSR count). The highest BCUT2D eigenvalue weighted by molar-refractivity contribution is 7.00. The SMILES string of the molecule is CC(C)(C)c1ccc2c(c1)C1(c3cc(C(C)(C)C)ccc3-2)c2cc(-c3ccc4ccc(-c5ccccc5)cc4c3)c3c4c2-n2c5c(cc(C(C)(C)C)cc5c5cc(C(C)(C)C)cc1c52)B4c1cc(C(C)(C)C)cc2c4cc(C(C)(C)C)ccc4n-3c12. The van der Waals surface area contributed by atoms with Crippen molar-refractivity contribution >= 4 is 77.5 Å². The van der Waals surface area contributed by atoms with Gasteiger partial charge in [0.2, 0.25) is 0 Å². The molecule has 3 aliphatic heterocycles. The number of fused-ring (bicyclic) bond motifs is 15. The van der Waals surface area contributed by atoms with Gasteiger partial charge in [0.25, 0.3) is 6.71 Å². The van der Waals surface area contributed by atoms with Crippen LogP contribution in [0.4, 0.5) is 0 Å². The number of hydrogen-bond acceptors (Lipinski definition) is 0. The van der Waals surface area contributed by atoms with Crippen LogP contribution >= 0.6 is 0 Å². The van der Waals surface area contributed by atoms with Gasteiger partial charge in [-0.3, -0.25) is 0 Å². The van der Waals surface area contributed by atoms with Crippen LogP contribution in [-0.2, 0) is 37.9 Å². The third kappa shape index (κ3) is 7.15. The molecule has 0 saturated carbocycles. The van der Waals surface area contributed by atoms with Crippen LogP contribution in [0.2, 0.25) is 0 Å². The number of hydrogen-bond donors (Lipinski definition) is 0. The summed E-state index contributed by atoms with van der Waals surface area (Å²) in [5, 5.41) is 7.89. The Morgan fingerprint density at radius 3 is 1.31 bits per heavy atom. The molecule has 0 unspecified atom stereocenters. The summed E-state index contributed by atoms with van der Waals surface area (Å²) in [5.41, 5.74) is 32.3. The molecule has 0 bridgehead atoms. The van der Waals surface area contributed by atoms with Gasteiger partial charge >= 0.3 is 0 Å². The predicted molar refractivity (Wildman–Crippen MR) is 371 cm³/mol. The van der Waals surface area contributed by atoms with E-state index in [4.69, 9.17) is 0 Å². The van der Waals surface area contributed by atoms with E-state index in [1.807, 2.05) is 0 Å². The van der Waals surface area contributed by atoms with Crippen molar-refractivity contribution in [2.75, 3.05) is 0 Å². The number of nitrogens with zero attached hydrogens (tertiary/aromatic N) is 2. The Bertz CT molecular complexity index is 4960. The number of benzene rings is 10. The first-order valence-electron chi connectivity index (χ1n) is 31.8. The Morgan fingerprint density at radius 2 is 0.756 bits per heavy atom. The van der Waals surface area contributed by atoms with Crippen molar-refractivity contribution in [3.63, 3.8) is 0 Å². The molecule has 12 aromatic rings. The smallest absolute Gasteiger partial charge is 0.252 e. The van der Waals surface area contributed by atoms with Crippen LogP contribution in [0, 0.1) is 0 Å². The molecule has 426 valence electrons. The van der Waals surface area contributed by atoms with Crippen molar-refractivity contribution in [3.8, 4) is 44.8 Å². The summed E-state index contributed by atoms with van der Waals surface area (Å²) in [7, 11) is 0. The van der Waals surface area contributed by atoms with Gasteiger partial charge in [-0.2, -0.15) is 0 Å². The molecular formula is C83H81BN2. The molecule has 2 aromatic heterocycles. The van der Waals surface area contributed by atoms with E-state index in [9.17, 15) is 0 Å². The van der Waals surface area contributed by atoms with Gasteiger partial charge < -0.3 is 9.13 Å². The molecule has 0 radical (unpaired) electrons. The van der Waals surface area contributed by atoms with Gasteiger partial charge in [-0.1, -0.05) is 240 Å². The van der Waals surface area contributed by atoms with Crippen LogP contribution in [0.5, 0.6) is 0 Å². The zero-order valence-corrected chi connectivity index (χ0v) is 54.1. The molecule has 4 aliphatic rings. The molecule has 0 fully saturated rings. The van der Waals surface area contributed by atoms with Gasteiger partial charge in [-0.05, 0) is 192 Å². The molecule has 0 N–H and O–H groups in total. The first-order chi connectivity index (χ1) is 40.4. The molecule has 0 saturated heterocycles. The summed E-state index contributed by atoms with van der Waals surface area (Å²) in [6.07, 6.45) is 0. The molecule has 86 heavy (non-hydrogen) atoms. The highest BCUT2D eigenvalue weighted by Crippen LogP contribution is 2.64. The van der Waals surface area contributed by atoms with Crippen molar-refractivity contribution in [3.05, 3.63) is 219 Å². The van der Waals surface area contributed by atoms with Gasteiger partial charge in [0.05, 0.1) is 22.1 Å². The van der Waals surface area contributed by atoms with Crippen LogP contribution in [-0.4, -0.2) is 15.8 Å². The Morgan fingerprint density at radius 1 is 0.302 bits per heavy atom. The van der Waals surface area contributed by atoms with Crippen molar-refractivity contribution in [1.82, 2.24) is 9.13 Å². The van der Waals surface area contributed by atoms with Gasteiger partial charge in [0.15, 0.2) is 0 Å². The minimum Gasteiger partial charge on any atom is -0.310 e. The first-order valence-corrected chi connectivity index (χ1v) is 31.8. The highest BCUT2D eigenvalue weighted by Gasteiger charge is 2.56. The van der Waals surface area contributed by atoms with Gasteiger partial charge in [-0.15, -0.1) is 0 Å². The van der Waals surface area contributed by atoms with E-state index in [0.717, 1.165) is 0 Å². The highest BCUT2D eigenvalue weighted by atomic mass is 15.1. The maximum absolute atomic E-state index is 2.85. The Kier molecular flexibility index (Phi) is 10.5. The lowest BCUT2D eigenvalue weighted by Crippen LogP contribution is -2.61. The maximum atomic E-state index is 2.85. The first kappa shape index (κ1) is 53.6. The summed E-state index contributed by atoms with van der Waals surface area (Å²) < 4.78 is 5.62. The third-order valence-corrected chi connectivity index (χ3v) is 20.9. The second-order valence-electron chi connectivity index (χ2n) is 32.7. The van der Waals surface area contributed by atoms with E-state index >= 15 is 0 Å². The van der Waals surface area contributed by atoms with Crippen molar-refractivity contribution < 1.29 is 0 Å². The second-order valence-corrected chi connectivity index (χ2v) is 32.7. The molecule has 0 amide bonds. The molecule has 5 heterocycles. The molecule has 2 nitrogen and oxygen atoms in total. The average molecular weight is 1120 g/mol. The number of aromatic nitrogens is 2. The minimum atomic E-state index is -0.717. The zero-order valence-electron chi connectivity index (χ0n) is 54.1. The van der Waals surface area contributed by atoms with Gasteiger partial charge in [-0.25, -0.2) is 0 Å². The van der Waals surface area contributed by atoms with E-state index < -0.39 is 5.41 Å². The van der Waals surface area contributed by atoms with Gasteiger partial charge in [0, 0.05) is 43.8 Å². The fourth-order valence-corrected chi connectivity index (χ4v) is 16.1. The lowest BCUT2D eigenvalue weighted by Gasteiger charge is -2.45. The Labute approximate surface area is 510 Å². The molecule has 1 aliphatic carbocycles. The van der Waals surface area contributed by atoms with E-state index in [-0.39, 0.29) is 39.2 Å². The Balaban J connectivity index is 1.20. The summed E-state index contributed by atoms with van der Waals surface area (Å²) >= 11 is 0. The van der Waals surface area contributed by atoms with Crippen molar-refractivity contribution in [2.24, 2.45) is 0 Å². The predicted octanol–water partition coefficient (Wildman–Crippen LogP) is 20.0. The summed E-state index contributed by atoms with van der Waals surface area (Å²) in [6.45, 7) is 43.2. The lowest BCUT2D eigenvalue weighted by molar-refractivity contribution is 0.583. The maximum Gasteiger partial charge on any atom is 0.252 e. The fraction of sp³-hybridized carbons (Fsp3) is 0.301. The minimum absolute atomic E-state index is 0.0411. The fourth-order valence-electron chi connectivity index (χ4n) is 16.1. The average Bonchev–Trinajstić information content (AvgIpc) is 1.39. The molecular weight excluding hydrogens is 1040 g/mol. The van der Waals surface area contributed by atoms with E-state index in [1.54, 1.807) is 0 Å². The van der Waals surface area contributed by atoms with E-state index in [0.29, 0.717) is 0 Å². The second kappa shape index (κ2) is 16.8. The Hall–Kier alpha value is -7.88. The van der Waals surface area contributed by atoms with Crippen LogP contribution < -0.4 is 16.4 Å². The van der Waals surface area contributed by atoms with Gasteiger partial charge in [0.1, 0.15) is 0 Å². The number of rotatable bonds is 2. The van der Waals surface area contributed by atoms with Crippen molar-refractivity contribution in [1.29, 1.82) is 0 Å². The monoisotopic (exact) mass is 1120 g/mol. The summed E-state index contributed by atoms with van der Waals surface area (Å²) in [6, 6.07) is 66.7. The molecule has 0 atom stereocenters. The normalized spacial score (nSPS) is 14.9. The molecule has 1 spiro atoms. The van der Waals surface area contributed by atoms with E-state index in [2.05, 4.69) is 298 Å². The van der Waals surface area contributed by atoms with Crippen LogP contribution in [0.25, 0.3) is 99.1 Å². The lowest BCUT2D eigenvalue weighted by atomic mass is 9.33. The van der Waals surface area contributed by atoms with Crippen LogP contribution in [0.1, 0.15) is 180 Å². The largest absolute Gasteiger partial charge is 0.310 e. The standard InChI is InChI=1S/C83H81BN2/c1-77(2,3)51-30-33-70-60(36-51)61-38-55(81(13,14)15)43-68-73(61)85(70)75-59(49-27-25-47-24-26-48(34-50(47)35-49)46-22-20-19-21-23-46)45-67-76-71(75)84(68)69-44-56(82(16,17)18)39-63-62-37-54(80(10,11)12)42-66(72(62)86(76)74(63)69)83(67)64-40-52(78(4,5)6)28-31-57(64)58-32-29-53(41-65(58)83)79(7,8)9/h19-45H,1-18H3. The van der Waals surface area contributed by atoms with Crippen molar-refractivity contribution in [2.45, 2.75) is 163 Å². The molecule has 3 heteroatoms. The van der Waals surface area contributed by atoms with E-state index in [1.165, 1.54) is 171 Å². The van der Waals surface area contributed by atoms with Crippen LogP contribution in [0.15, 0.2) is 164 Å². The topological polar surface area (TPSA) is 9.86 Å². The summed E-state index contributed by atoms with van der Waals surface area (Å²) in [4.78, 5) is 0. The third-order valence-electron chi connectivity index (χ3n) is 20.9. The summed E-state index contributed by atoms with van der Waals surface area (Å²) in [5.74, 6) is 0.